The standard InChI is InChI=1S/C27H34ClN5O3S/c1-6-13-36-23-14-18(2)22(28)15-21(23)24(31-37(35)27(3,4)5)19-7-10-32(11-8-19)25(34)20-16-30-26-29-9-12-33(26)17-20/h6,9,12,14-17,19,24,31H,1,7-8,10-11,13H2,2-5H3/t24-,37?/m1/s1. The van der Waals surface area contributed by atoms with E-state index in [1.165, 1.54) is 0 Å². The minimum Gasteiger partial charge on any atom is -0.489 e. The Hall–Kier alpha value is -2.75. The lowest BCUT2D eigenvalue weighted by Gasteiger charge is -2.38. The van der Waals surface area contributed by atoms with E-state index in [2.05, 4.69) is 21.3 Å². The molecule has 1 aliphatic rings. The fourth-order valence-corrected chi connectivity index (χ4v) is 5.51. The molecular weight excluding hydrogens is 510 g/mol. The van der Waals surface area contributed by atoms with Crippen LogP contribution in [0.3, 0.4) is 0 Å². The van der Waals surface area contributed by atoms with Crippen molar-refractivity contribution in [3.05, 3.63) is 71.3 Å². The second-order valence-corrected chi connectivity index (χ2v) is 12.7. The van der Waals surface area contributed by atoms with Crippen LogP contribution in [0.4, 0.5) is 0 Å². The number of aromatic nitrogens is 3. The number of carbonyl (C=O) groups excluding carboxylic acids is 1. The van der Waals surface area contributed by atoms with E-state index < -0.39 is 15.7 Å². The number of nitrogens with one attached hydrogen (secondary N) is 1. The monoisotopic (exact) mass is 543 g/mol. The van der Waals surface area contributed by atoms with Crippen molar-refractivity contribution in [2.24, 2.45) is 5.92 Å². The molecule has 0 saturated carbocycles. The SMILES string of the molecule is C=CCOc1cc(C)c(Cl)cc1[C@H](NS(=O)C(C)(C)C)C1CCN(C(=O)c2cnc3nccn3c2)CC1. The number of rotatable bonds is 8. The zero-order chi connectivity index (χ0) is 26.7. The van der Waals surface area contributed by atoms with Gasteiger partial charge in [-0.25, -0.2) is 18.9 Å². The molecule has 3 aromatic rings. The number of nitrogens with zero attached hydrogens (tertiary/aromatic N) is 4. The van der Waals surface area contributed by atoms with Crippen molar-refractivity contribution in [1.29, 1.82) is 0 Å². The first-order chi connectivity index (χ1) is 17.6. The molecule has 1 unspecified atom stereocenters. The van der Waals surface area contributed by atoms with Gasteiger partial charge in [-0.2, -0.15) is 0 Å². The van der Waals surface area contributed by atoms with Crippen molar-refractivity contribution >= 4 is 34.3 Å². The average Bonchev–Trinajstić information content (AvgIpc) is 3.35. The molecule has 1 fully saturated rings. The van der Waals surface area contributed by atoms with Gasteiger partial charge < -0.3 is 9.64 Å². The summed E-state index contributed by atoms with van der Waals surface area (Å²) in [5.41, 5.74) is 2.30. The van der Waals surface area contributed by atoms with Crippen LogP contribution < -0.4 is 9.46 Å². The number of amides is 1. The average molecular weight is 544 g/mol. The third kappa shape index (κ3) is 6.22. The molecule has 3 heterocycles. The van der Waals surface area contributed by atoms with Crippen LogP contribution in [0.5, 0.6) is 5.75 Å². The largest absolute Gasteiger partial charge is 0.489 e. The molecular formula is C27H34ClN5O3S. The number of piperidine rings is 1. The van der Waals surface area contributed by atoms with Gasteiger partial charge in [-0.15, -0.1) is 0 Å². The first-order valence-electron chi connectivity index (χ1n) is 12.4. The van der Waals surface area contributed by atoms with Gasteiger partial charge in [0, 0.05) is 48.5 Å². The van der Waals surface area contributed by atoms with Crippen LogP contribution in [0.1, 0.15) is 61.1 Å². The summed E-state index contributed by atoms with van der Waals surface area (Å²) in [7, 11) is -1.32. The topological polar surface area (TPSA) is 88.8 Å². The molecule has 8 nitrogen and oxygen atoms in total. The summed E-state index contributed by atoms with van der Waals surface area (Å²) in [6.07, 6.45) is 9.93. The van der Waals surface area contributed by atoms with Crippen molar-refractivity contribution in [2.75, 3.05) is 19.7 Å². The van der Waals surface area contributed by atoms with Gasteiger partial charge >= 0.3 is 0 Å². The van der Waals surface area contributed by atoms with E-state index in [0.717, 1.165) is 24.0 Å². The van der Waals surface area contributed by atoms with Crippen molar-refractivity contribution in [3.63, 3.8) is 0 Å². The molecule has 0 spiro atoms. The maximum atomic E-state index is 13.2. The number of halogens is 1. The Morgan fingerprint density at radius 2 is 2.05 bits per heavy atom. The number of fused-ring (bicyclic) bond motifs is 1. The summed E-state index contributed by atoms with van der Waals surface area (Å²) in [6.45, 7) is 13.0. The lowest BCUT2D eigenvalue weighted by Crippen LogP contribution is -2.44. The number of imidazole rings is 1. The van der Waals surface area contributed by atoms with Crippen molar-refractivity contribution in [2.45, 2.75) is 51.3 Å². The maximum Gasteiger partial charge on any atom is 0.256 e. The third-order valence-electron chi connectivity index (χ3n) is 6.56. The number of hydrogen-bond acceptors (Lipinski definition) is 5. The van der Waals surface area contributed by atoms with E-state index in [-0.39, 0.29) is 17.9 Å². The van der Waals surface area contributed by atoms with E-state index in [1.54, 1.807) is 35.3 Å². The fourth-order valence-electron chi connectivity index (χ4n) is 4.44. The molecule has 0 aliphatic carbocycles. The molecule has 0 bridgehead atoms. The minimum atomic E-state index is -1.32. The lowest BCUT2D eigenvalue weighted by atomic mass is 9.85. The highest BCUT2D eigenvalue weighted by atomic mass is 35.5. The first-order valence-corrected chi connectivity index (χ1v) is 13.9. The number of likely N-dealkylation sites (tertiary alicyclic amines) is 1. The zero-order valence-electron chi connectivity index (χ0n) is 21.7. The van der Waals surface area contributed by atoms with Crippen LogP contribution in [0.2, 0.25) is 5.02 Å². The second-order valence-electron chi connectivity index (χ2n) is 10.3. The van der Waals surface area contributed by atoms with Crippen LogP contribution in [0.25, 0.3) is 5.78 Å². The quantitative estimate of drug-likeness (QED) is 0.408. The van der Waals surface area contributed by atoms with Gasteiger partial charge in [0.15, 0.2) is 0 Å². The number of benzene rings is 1. The van der Waals surface area contributed by atoms with Gasteiger partial charge in [0.05, 0.1) is 27.3 Å². The molecule has 37 heavy (non-hydrogen) atoms. The van der Waals surface area contributed by atoms with E-state index >= 15 is 0 Å². The van der Waals surface area contributed by atoms with E-state index in [9.17, 15) is 9.00 Å². The molecule has 2 aromatic heterocycles. The molecule has 0 radical (unpaired) electrons. The van der Waals surface area contributed by atoms with Gasteiger partial charge in [-0.1, -0.05) is 24.3 Å². The highest BCUT2D eigenvalue weighted by Crippen LogP contribution is 2.39. The Bertz CT molecular complexity index is 1310. The highest BCUT2D eigenvalue weighted by Gasteiger charge is 2.34. The predicted octanol–water partition coefficient (Wildman–Crippen LogP) is 4.90. The zero-order valence-corrected chi connectivity index (χ0v) is 23.3. The van der Waals surface area contributed by atoms with E-state index in [4.69, 9.17) is 16.3 Å². The van der Waals surface area contributed by atoms with Gasteiger partial charge in [0.25, 0.3) is 5.91 Å². The van der Waals surface area contributed by atoms with Crippen LogP contribution in [-0.4, -0.2) is 53.8 Å². The minimum absolute atomic E-state index is 0.0577. The summed E-state index contributed by atoms with van der Waals surface area (Å²) in [5, 5.41) is 0.629. The summed E-state index contributed by atoms with van der Waals surface area (Å²) >= 11 is 6.55. The molecule has 198 valence electrons. The van der Waals surface area contributed by atoms with Crippen LogP contribution >= 0.6 is 11.6 Å². The first kappa shape index (κ1) is 27.3. The molecule has 2 atom stereocenters. The Morgan fingerprint density at radius 3 is 2.73 bits per heavy atom. The van der Waals surface area contributed by atoms with Crippen LogP contribution in [0, 0.1) is 12.8 Å². The Balaban J connectivity index is 1.58. The second kappa shape index (κ2) is 11.3. The molecule has 1 aliphatic heterocycles. The van der Waals surface area contributed by atoms with Gasteiger partial charge in [0.2, 0.25) is 5.78 Å². The Morgan fingerprint density at radius 1 is 1.32 bits per heavy atom. The van der Waals surface area contributed by atoms with Crippen LogP contribution in [0.15, 0.2) is 49.6 Å². The summed E-state index contributed by atoms with van der Waals surface area (Å²) < 4.78 is 23.9. The number of carbonyl (C=O) groups is 1. The molecule has 1 saturated heterocycles. The van der Waals surface area contributed by atoms with Gasteiger partial charge in [0.1, 0.15) is 12.4 Å². The van der Waals surface area contributed by atoms with Crippen molar-refractivity contribution in [1.82, 2.24) is 24.0 Å². The summed E-state index contributed by atoms with van der Waals surface area (Å²) in [4.78, 5) is 23.5. The third-order valence-corrected chi connectivity index (χ3v) is 8.55. The normalized spacial score (nSPS) is 16.5. The molecule has 1 N–H and O–H groups in total. The Labute approximate surface area is 225 Å². The molecule has 1 aromatic carbocycles. The van der Waals surface area contributed by atoms with E-state index in [0.29, 0.717) is 41.8 Å². The fraction of sp³-hybridized carbons (Fsp3) is 0.444. The molecule has 4 rings (SSSR count). The van der Waals surface area contributed by atoms with E-state index in [1.807, 2.05) is 44.7 Å². The summed E-state index contributed by atoms with van der Waals surface area (Å²) in [5.74, 6) is 1.32. The Kier molecular flexibility index (Phi) is 8.36. The highest BCUT2D eigenvalue weighted by molar-refractivity contribution is 7.84. The summed E-state index contributed by atoms with van der Waals surface area (Å²) in [6, 6.07) is 3.57. The van der Waals surface area contributed by atoms with Gasteiger partial charge in [-0.05, 0) is 64.2 Å². The smallest absolute Gasteiger partial charge is 0.256 e. The predicted molar refractivity (Wildman–Crippen MR) is 147 cm³/mol. The van der Waals surface area contributed by atoms with Crippen molar-refractivity contribution < 1.29 is 13.7 Å². The van der Waals surface area contributed by atoms with Crippen LogP contribution in [-0.2, 0) is 11.0 Å². The van der Waals surface area contributed by atoms with Gasteiger partial charge in [-0.3, -0.25) is 9.20 Å². The lowest BCUT2D eigenvalue weighted by molar-refractivity contribution is 0.0673. The number of ether oxygens (including phenoxy) is 1. The maximum absolute atomic E-state index is 13.2. The van der Waals surface area contributed by atoms with Crippen molar-refractivity contribution in [3.8, 4) is 5.75 Å². The number of aryl methyl sites for hydroxylation is 1. The molecule has 10 heteroatoms. The molecule has 1 amide bonds. The number of hydrogen-bond donors (Lipinski definition) is 1.